The van der Waals surface area contributed by atoms with E-state index in [1.54, 1.807) is 13.8 Å². The van der Waals surface area contributed by atoms with Crippen LogP contribution in [0, 0.1) is 11.3 Å². The fraction of sp³-hybridized carbons (Fsp3) is 0.833. The highest BCUT2D eigenvalue weighted by atomic mass is 16.4. The van der Waals surface area contributed by atoms with E-state index in [1.807, 2.05) is 0 Å². The van der Waals surface area contributed by atoms with Crippen LogP contribution in [0.1, 0.15) is 39.5 Å². The highest BCUT2D eigenvalue weighted by Crippen LogP contribution is 2.37. The Morgan fingerprint density at radius 3 is 2.29 bits per heavy atom. The molecule has 4 N–H and O–H groups in total. The molecular formula is C12H22N2O3. The average molecular weight is 242 g/mol. The third-order valence-corrected chi connectivity index (χ3v) is 3.93. The fourth-order valence-corrected chi connectivity index (χ4v) is 2.27. The zero-order valence-corrected chi connectivity index (χ0v) is 10.5. The van der Waals surface area contributed by atoms with E-state index in [-0.39, 0.29) is 11.9 Å². The molecule has 0 aliphatic heterocycles. The number of hydrogen-bond donors (Lipinski definition) is 3. The number of rotatable bonds is 5. The average Bonchev–Trinajstić information content (AvgIpc) is 2.77. The molecule has 0 bridgehead atoms. The van der Waals surface area contributed by atoms with E-state index in [9.17, 15) is 9.59 Å². The summed E-state index contributed by atoms with van der Waals surface area (Å²) in [6, 6.07) is -0.371. The maximum absolute atomic E-state index is 12.2. The molecule has 1 amide bonds. The fourth-order valence-electron chi connectivity index (χ4n) is 2.27. The van der Waals surface area contributed by atoms with Gasteiger partial charge in [0.1, 0.15) is 0 Å². The van der Waals surface area contributed by atoms with Crippen molar-refractivity contribution in [2.24, 2.45) is 17.1 Å². The maximum Gasteiger partial charge on any atom is 0.308 e. The van der Waals surface area contributed by atoms with Crippen molar-refractivity contribution < 1.29 is 14.7 Å². The number of aliphatic carboxylic acids is 1. The maximum atomic E-state index is 12.2. The monoisotopic (exact) mass is 242 g/mol. The molecule has 0 aromatic rings. The molecule has 0 radical (unpaired) electrons. The van der Waals surface area contributed by atoms with Crippen LogP contribution >= 0.6 is 0 Å². The van der Waals surface area contributed by atoms with Gasteiger partial charge in [0.2, 0.25) is 5.91 Å². The number of carboxylic acids is 1. The Bertz CT molecular complexity index is 298. The lowest BCUT2D eigenvalue weighted by atomic mass is 9.84. The summed E-state index contributed by atoms with van der Waals surface area (Å²) in [6.07, 6.45) is 3.66. The molecule has 17 heavy (non-hydrogen) atoms. The van der Waals surface area contributed by atoms with E-state index in [0.29, 0.717) is 6.54 Å². The summed E-state index contributed by atoms with van der Waals surface area (Å²) in [5, 5.41) is 11.7. The lowest BCUT2D eigenvalue weighted by Gasteiger charge is -2.29. The molecule has 0 saturated heterocycles. The van der Waals surface area contributed by atoms with Crippen LogP contribution in [0.25, 0.3) is 0 Å². The summed E-state index contributed by atoms with van der Waals surface area (Å²) < 4.78 is 0. The van der Waals surface area contributed by atoms with Crippen LogP contribution in [0.5, 0.6) is 0 Å². The van der Waals surface area contributed by atoms with Gasteiger partial charge in [-0.3, -0.25) is 9.59 Å². The molecule has 5 nitrogen and oxygen atoms in total. The van der Waals surface area contributed by atoms with E-state index in [2.05, 4.69) is 5.32 Å². The van der Waals surface area contributed by atoms with Crippen LogP contribution in [0.4, 0.5) is 0 Å². The Morgan fingerprint density at radius 2 is 1.88 bits per heavy atom. The third kappa shape index (κ3) is 2.97. The first kappa shape index (κ1) is 14.0. The molecule has 0 spiro atoms. The number of hydrogen-bond acceptors (Lipinski definition) is 3. The number of carboxylic acid groups (broad SMARTS) is 1. The molecule has 1 aliphatic rings. The van der Waals surface area contributed by atoms with E-state index < -0.39 is 17.3 Å². The molecule has 0 aromatic carbocycles. The molecule has 0 aromatic heterocycles. The van der Waals surface area contributed by atoms with Gasteiger partial charge in [-0.05, 0) is 26.7 Å². The smallest absolute Gasteiger partial charge is 0.308 e. The molecule has 1 rings (SSSR count). The van der Waals surface area contributed by atoms with Gasteiger partial charge in [-0.2, -0.15) is 0 Å². The summed E-state index contributed by atoms with van der Waals surface area (Å²) >= 11 is 0. The van der Waals surface area contributed by atoms with E-state index >= 15 is 0 Å². The van der Waals surface area contributed by atoms with Crippen LogP contribution in [-0.2, 0) is 9.59 Å². The van der Waals surface area contributed by atoms with Crippen LogP contribution in [-0.4, -0.2) is 29.6 Å². The van der Waals surface area contributed by atoms with Crippen molar-refractivity contribution in [3.05, 3.63) is 0 Å². The molecule has 0 heterocycles. The Morgan fingerprint density at radius 1 is 1.35 bits per heavy atom. The van der Waals surface area contributed by atoms with Gasteiger partial charge in [0.05, 0.1) is 11.3 Å². The lowest BCUT2D eigenvalue weighted by Crippen LogP contribution is -2.49. The second kappa shape index (κ2) is 5.49. The second-order valence-corrected chi connectivity index (χ2v) is 5.08. The van der Waals surface area contributed by atoms with Crippen LogP contribution in [0.2, 0.25) is 0 Å². The topological polar surface area (TPSA) is 92.4 Å². The van der Waals surface area contributed by atoms with Gasteiger partial charge in [-0.1, -0.05) is 12.8 Å². The van der Waals surface area contributed by atoms with Gasteiger partial charge in [0.15, 0.2) is 0 Å². The lowest BCUT2D eigenvalue weighted by molar-refractivity contribution is -0.142. The zero-order chi connectivity index (χ0) is 13.1. The number of nitrogens with two attached hydrogens (primary N) is 1. The van der Waals surface area contributed by atoms with Crippen molar-refractivity contribution in [1.29, 1.82) is 0 Å². The molecule has 5 heteroatoms. The molecule has 1 fully saturated rings. The van der Waals surface area contributed by atoms with Gasteiger partial charge in [0.25, 0.3) is 0 Å². The van der Waals surface area contributed by atoms with E-state index in [4.69, 9.17) is 10.8 Å². The molecule has 98 valence electrons. The summed E-state index contributed by atoms with van der Waals surface area (Å²) in [5.74, 6) is -1.57. The number of carbonyl (C=O) groups excluding carboxylic acids is 1. The van der Waals surface area contributed by atoms with Crippen LogP contribution < -0.4 is 11.1 Å². The van der Waals surface area contributed by atoms with E-state index in [0.717, 1.165) is 25.7 Å². The van der Waals surface area contributed by atoms with Crippen molar-refractivity contribution in [2.75, 3.05) is 6.54 Å². The minimum absolute atomic E-state index is 0.0851. The van der Waals surface area contributed by atoms with Gasteiger partial charge < -0.3 is 16.2 Å². The standard InChI is InChI=1S/C12H22N2O3/c1-8(10(15)16)9(2)14-11(17)12(7-13)5-3-4-6-12/h8-9H,3-7,13H2,1-2H3,(H,14,17)(H,15,16). The molecule has 1 saturated carbocycles. The summed E-state index contributed by atoms with van der Waals surface area (Å²) in [4.78, 5) is 23.0. The third-order valence-electron chi connectivity index (χ3n) is 3.93. The Balaban J connectivity index is 2.62. The number of nitrogens with one attached hydrogen (secondary N) is 1. The quantitative estimate of drug-likeness (QED) is 0.662. The van der Waals surface area contributed by atoms with Crippen molar-refractivity contribution in [3.63, 3.8) is 0 Å². The van der Waals surface area contributed by atoms with Crippen molar-refractivity contribution in [1.82, 2.24) is 5.32 Å². The Hall–Kier alpha value is -1.10. The summed E-state index contributed by atoms with van der Waals surface area (Å²) in [5.41, 5.74) is 5.24. The highest BCUT2D eigenvalue weighted by molar-refractivity contribution is 5.84. The van der Waals surface area contributed by atoms with E-state index in [1.165, 1.54) is 0 Å². The summed E-state index contributed by atoms with van der Waals surface area (Å²) in [7, 11) is 0. The van der Waals surface area contributed by atoms with Crippen LogP contribution in [0.3, 0.4) is 0 Å². The van der Waals surface area contributed by atoms with Crippen molar-refractivity contribution >= 4 is 11.9 Å². The molecule has 1 aliphatic carbocycles. The van der Waals surface area contributed by atoms with Gasteiger partial charge in [0, 0.05) is 12.6 Å². The van der Waals surface area contributed by atoms with Gasteiger partial charge >= 0.3 is 5.97 Å². The van der Waals surface area contributed by atoms with Crippen LogP contribution in [0.15, 0.2) is 0 Å². The first-order valence-electron chi connectivity index (χ1n) is 6.17. The van der Waals surface area contributed by atoms with Crippen molar-refractivity contribution in [2.45, 2.75) is 45.6 Å². The van der Waals surface area contributed by atoms with Gasteiger partial charge in [-0.25, -0.2) is 0 Å². The normalized spacial score (nSPS) is 21.8. The zero-order valence-electron chi connectivity index (χ0n) is 10.5. The minimum atomic E-state index is -0.897. The molecule has 2 unspecified atom stereocenters. The SMILES string of the molecule is CC(NC(=O)C1(CN)CCCC1)C(C)C(=O)O. The van der Waals surface area contributed by atoms with Crippen molar-refractivity contribution in [3.8, 4) is 0 Å². The largest absolute Gasteiger partial charge is 0.481 e. The summed E-state index contributed by atoms with van der Waals surface area (Å²) in [6.45, 7) is 3.65. The predicted octanol–water partition coefficient (Wildman–Crippen LogP) is 0.731. The number of amides is 1. The van der Waals surface area contributed by atoms with Gasteiger partial charge in [-0.15, -0.1) is 0 Å². The predicted molar refractivity (Wildman–Crippen MR) is 64.4 cm³/mol. The Kier molecular flexibility index (Phi) is 4.51. The molecule has 2 atom stereocenters. The second-order valence-electron chi connectivity index (χ2n) is 5.08. The Labute approximate surface area is 102 Å². The highest BCUT2D eigenvalue weighted by Gasteiger charge is 2.40. The first-order chi connectivity index (χ1) is 7.93. The number of carbonyl (C=O) groups is 2. The first-order valence-corrected chi connectivity index (χ1v) is 6.17. The minimum Gasteiger partial charge on any atom is -0.481 e. The molecular weight excluding hydrogens is 220 g/mol.